The van der Waals surface area contributed by atoms with Crippen molar-refractivity contribution in [2.75, 3.05) is 5.32 Å². The van der Waals surface area contributed by atoms with Crippen LogP contribution in [0.4, 0.5) is 5.82 Å². The molecule has 88 valence electrons. The third-order valence-electron chi connectivity index (χ3n) is 1.93. The molecule has 0 spiro atoms. The Hall–Kier alpha value is -2.35. The van der Waals surface area contributed by atoms with Gasteiger partial charge in [-0.1, -0.05) is 5.21 Å². The topological polar surface area (TPSA) is 112 Å². The highest BCUT2D eigenvalue weighted by Crippen LogP contribution is 1.98. The zero-order valence-corrected chi connectivity index (χ0v) is 8.95. The number of nitrogens with zero attached hydrogens (tertiary/aromatic N) is 5. The van der Waals surface area contributed by atoms with E-state index in [2.05, 4.69) is 25.6 Å². The number of nitrogens with one attached hydrogen (secondary N) is 1. The van der Waals surface area contributed by atoms with Gasteiger partial charge < -0.3 is 11.1 Å². The van der Waals surface area contributed by atoms with Gasteiger partial charge in [-0.2, -0.15) is 0 Å². The van der Waals surface area contributed by atoms with Crippen molar-refractivity contribution in [3.63, 3.8) is 0 Å². The number of carbonyl (C=O) groups excluding carboxylic acids is 1. The zero-order valence-electron chi connectivity index (χ0n) is 8.95. The molecule has 0 radical (unpaired) electrons. The first-order valence-electron chi connectivity index (χ1n) is 4.93. The molecule has 0 saturated heterocycles. The van der Waals surface area contributed by atoms with Gasteiger partial charge in [0, 0.05) is 18.9 Å². The van der Waals surface area contributed by atoms with Gasteiger partial charge in [0.1, 0.15) is 6.54 Å². The lowest BCUT2D eigenvalue weighted by Gasteiger charge is -2.02. The predicted octanol–water partition coefficient (Wildman–Crippen LogP) is -0.835. The van der Waals surface area contributed by atoms with E-state index in [-0.39, 0.29) is 12.5 Å². The molecule has 0 aliphatic heterocycles. The first kappa shape index (κ1) is 11.1. The Bertz CT molecular complexity index is 495. The second-order valence-electron chi connectivity index (χ2n) is 3.25. The molecule has 8 heteroatoms. The maximum atomic E-state index is 11.6. The Morgan fingerprint density at radius 1 is 1.47 bits per heavy atom. The highest BCUT2D eigenvalue weighted by molar-refractivity contribution is 5.89. The minimum Gasteiger partial charge on any atom is -0.325 e. The number of anilines is 1. The molecule has 2 aromatic heterocycles. The maximum absolute atomic E-state index is 11.6. The molecule has 17 heavy (non-hydrogen) atoms. The number of carbonyl (C=O) groups is 1. The molecule has 0 fully saturated rings. The van der Waals surface area contributed by atoms with Crippen molar-refractivity contribution in [1.82, 2.24) is 25.0 Å². The third kappa shape index (κ3) is 3.05. The van der Waals surface area contributed by atoms with Gasteiger partial charge in [-0.25, -0.2) is 9.67 Å². The largest absolute Gasteiger partial charge is 0.325 e. The van der Waals surface area contributed by atoms with E-state index in [4.69, 9.17) is 5.73 Å². The van der Waals surface area contributed by atoms with Crippen LogP contribution in [0.5, 0.6) is 0 Å². The van der Waals surface area contributed by atoms with Crippen LogP contribution in [0, 0.1) is 0 Å². The van der Waals surface area contributed by atoms with Crippen LogP contribution in [0.1, 0.15) is 5.69 Å². The highest BCUT2D eigenvalue weighted by Gasteiger charge is 2.06. The number of amides is 1. The average Bonchev–Trinajstić information content (AvgIpc) is 2.78. The molecular weight excluding hydrogens is 222 g/mol. The van der Waals surface area contributed by atoms with Crippen molar-refractivity contribution < 1.29 is 4.79 Å². The quantitative estimate of drug-likeness (QED) is 0.712. The van der Waals surface area contributed by atoms with Crippen LogP contribution in [0.3, 0.4) is 0 Å². The second kappa shape index (κ2) is 5.12. The predicted molar refractivity (Wildman–Crippen MR) is 58.6 cm³/mol. The number of hydrogen-bond donors (Lipinski definition) is 2. The van der Waals surface area contributed by atoms with E-state index in [0.717, 1.165) is 0 Å². The summed E-state index contributed by atoms with van der Waals surface area (Å²) in [4.78, 5) is 19.3. The number of hydrogen-bond acceptors (Lipinski definition) is 6. The molecule has 0 saturated carbocycles. The summed E-state index contributed by atoms with van der Waals surface area (Å²) in [6.45, 7) is 0.357. The van der Waals surface area contributed by atoms with Crippen LogP contribution in [0.2, 0.25) is 0 Å². The number of nitrogens with two attached hydrogens (primary N) is 1. The number of aromatic nitrogens is 5. The Morgan fingerprint density at radius 2 is 2.35 bits per heavy atom. The molecule has 8 nitrogen and oxygen atoms in total. The van der Waals surface area contributed by atoms with Gasteiger partial charge in [0.05, 0.1) is 18.1 Å². The molecule has 3 N–H and O–H groups in total. The van der Waals surface area contributed by atoms with E-state index in [9.17, 15) is 4.79 Å². The molecule has 2 rings (SSSR count). The van der Waals surface area contributed by atoms with Crippen molar-refractivity contribution in [2.45, 2.75) is 13.1 Å². The summed E-state index contributed by atoms with van der Waals surface area (Å²) < 4.78 is 1.41. The molecule has 1 amide bonds. The zero-order chi connectivity index (χ0) is 12.1. The molecule has 2 aromatic rings. The average molecular weight is 233 g/mol. The van der Waals surface area contributed by atoms with Crippen molar-refractivity contribution in [3.05, 3.63) is 30.5 Å². The SMILES string of the molecule is NCc1cn(CC(=O)Nc2cnccn2)nn1. The first-order valence-corrected chi connectivity index (χ1v) is 4.93. The normalized spacial score (nSPS) is 10.2. The fourth-order valence-corrected chi connectivity index (χ4v) is 1.20. The lowest BCUT2D eigenvalue weighted by atomic mass is 10.5. The van der Waals surface area contributed by atoms with Crippen molar-refractivity contribution in [3.8, 4) is 0 Å². The standard InChI is InChI=1S/C9H11N7O/c10-3-7-5-16(15-14-7)6-9(17)13-8-4-11-1-2-12-8/h1-2,4-5H,3,6,10H2,(H,12,13,17). The van der Waals surface area contributed by atoms with Gasteiger partial charge in [0.25, 0.3) is 0 Å². The highest BCUT2D eigenvalue weighted by atomic mass is 16.2. The monoisotopic (exact) mass is 233 g/mol. The lowest BCUT2D eigenvalue weighted by Crippen LogP contribution is -2.19. The summed E-state index contributed by atoms with van der Waals surface area (Å²) in [6.07, 6.45) is 6.11. The van der Waals surface area contributed by atoms with Crippen LogP contribution >= 0.6 is 0 Å². The fraction of sp³-hybridized carbons (Fsp3) is 0.222. The van der Waals surface area contributed by atoms with E-state index < -0.39 is 0 Å². The summed E-state index contributed by atoms with van der Waals surface area (Å²) in [6, 6.07) is 0. The number of rotatable bonds is 4. The second-order valence-corrected chi connectivity index (χ2v) is 3.25. The van der Waals surface area contributed by atoms with E-state index in [0.29, 0.717) is 18.1 Å². The van der Waals surface area contributed by atoms with Crippen LogP contribution in [0.25, 0.3) is 0 Å². The molecule has 0 unspecified atom stereocenters. The van der Waals surface area contributed by atoms with E-state index in [1.165, 1.54) is 23.3 Å². The van der Waals surface area contributed by atoms with Gasteiger partial charge in [0.2, 0.25) is 5.91 Å². The van der Waals surface area contributed by atoms with E-state index >= 15 is 0 Å². The van der Waals surface area contributed by atoms with Gasteiger partial charge in [-0.05, 0) is 0 Å². The van der Waals surface area contributed by atoms with Crippen LogP contribution in [-0.4, -0.2) is 30.9 Å². The molecular formula is C9H11N7O. The first-order chi connectivity index (χ1) is 8.28. The summed E-state index contributed by atoms with van der Waals surface area (Å²) in [5, 5.41) is 10.1. The van der Waals surface area contributed by atoms with E-state index in [1.54, 1.807) is 6.20 Å². The van der Waals surface area contributed by atoms with Crippen LogP contribution < -0.4 is 11.1 Å². The van der Waals surface area contributed by atoms with Gasteiger partial charge in [-0.15, -0.1) is 5.10 Å². The molecule has 2 heterocycles. The van der Waals surface area contributed by atoms with Crippen molar-refractivity contribution in [2.24, 2.45) is 5.73 Å². The molecule has 0 aliphatic rings. The molecule has 0 bridgehead atoms. The van der Waals surface area contributed by atoms with Gasteiger partial charge in [0.15, 0.2) is 5.82 Å². The molecule has 0 aliphatic carbocycles. The third-order valence-corrected chi connectivity index (χ3v) is 1.93. The molecule has 0 atom stereocenters. The van der Waals surface area contributed by atoms with Crippen molar-refractivity contribution in [1.29, 1.82) is 0 Å². The Morgan fingerprint density at radius 3 is 3.00 bits per heavy atom. The minimum absolute atomic E-state index is 0.0591. The van der Waals surface area contributed by atoms with Gasteiger partial charge in [-0.3, -0.25) is 9.78 Å². The van der Waals surface area contributed by atoms with Crippen molar-refractivity contribution >= 4 is 11.7 Å². The Labute approximate surface area is 96.9 Å². The van der Waals surface area contributed by atoms with E-state index in [1.807, 2.05) is 0 Å². The summed E-state index contributed by atoms with van der Waals surface area (Å²) in [7, 11) is 0. The smallest absolute Gasteiger partial charge is 0.247 e. The summed E-state index contributed by atoms with van der Waals surface area (Å²) >= 11 is 0. The van der Waals surface area contributed by atoms with Gasteiger partial charge >= 0.3 is 0 Å². The maximum Gasteiger partial charge on any atom is 0.247 e. The Kier molecular flexibility index (Phi) is 3.36. The lowest BCUT2D eigenvalue weighted by molar-refractivity contribution is -0.116. The van der Waals surface area contributed by atoms with Crippen LogP contribution in [-0.2, 0) is 17.9 Å². The fourth-order valence-electron chi connectivity index (χ4n) is 1.20. The summed E-state index contributed by atoms with van der Waals surface area (Å²) in [5.74, 6) is 0.149. The Balaban J connectivity index is 1.93. The minimum atomic E-state index is -0.251. The van der Waals surface area contributed by atoms with Crippen LogP contribution in [0.15, 0.2) is 24.8 Å². The molecule has 0 aromatic carbocycles. The summed E-state index contributed by atoms with van der Waals surface area (Å²) in [5.41, 5.74) is 6.02.